The average Bonchev–Trinajstić information content (AvgIpc) is 1.68. The second kappa shape index (κ2) is 7.67. The van der Waals surface area contributed by atoms with Gasteiger partial charge in [-0.05, 0) is 19.3 Å². The molecule has 0 rings (SSSR count). The van der Waals surface area contributed by atoms with E-state index in [1.165, 1.54) is 0 Å². The molecule has 0 aromatic heterocycles. The Morgan fingerprint density at radius 2 is 1.67 bits per heavy atom. The molecule has 0 atom stereocenters. The van der Waals surface area contributed by atoms with Gasteiger partial charge in [-0.15, -0.1) is 0 Å². The summed E-state index contributed by atoms with van der Waals surface area (Å²) in [6.07, 6.45) is 0.944. The Balaban J connectivity index is 0. The minimum Gasteiger partial charge on any atom is -0.310 e. The number of hydrogen-bond donors (Lipinski definition) is 1. The van der Waals surface area contributed by atoms with Gasteiger partial charge in [-0.1, -0.05) is 27.7 Å². The monoisotopic (exact) mass is 129 g/mol. The molecule has 0 unspecified atom stereocenters. The van der Waals surface area contributed by atoms with Crippen molar-refractivity contribution in [1.82, 2.24) is 0 Å². The third-order valence-electron chi connectivity index (χ3n) is 0.714. The lowest BCUT2D eigenvalue weighted by Crippen LogP contribution is -1.94. The van der Waals surface area contributed by atoms with Crippen molar-refractivity contribution in [3.05, 3.63) is 0 Å². The molecular formula is C8H19N. The highest BCUT2D eigenvalue weighted by Crippen LogP contribution is 1.98. The standard InChI is InChI=1S/C6H13N.C2H6/c1-5(2)4-6(3)7;1-2/h5,7H,4H2,1-3H3;1-2H3. The van der Waals surface area contributed by atoms with Gasteiger partial charge >= 0.3 is 0 Å². The molecule has 0 aliphatic rings. The van der Waals surface area contributed by atoms with Crippen molar-refractivity contribution in [2.45, 2.75) is 41.0 Å². The Morgan fingerprint density at radius 1 is 1.33 bits per heavy atom. The van der Waals surface area contributed by atoms with Gasteiger partial charge in [0, 0.05) is 5.71 Å². The first-order valence-electron chi connectivity index (χ1n) is 3.67. The summed E-state index contributed by atoms with van der Waals surface area (Å²) in [6, 6.07) is 0. The minimum atomic E-state index is 0.650. The quantitative estimate of drug-likeness (QED) is 0.554. The Kier molecular flexibility index (Phi) is 9.77. The zero-order chi connectivity index (χ0) is 7.86. The number of nitrogens with one attached hydrogen (secondary N) is 1. The van der Waals surface area contributed by atoms with Crippen LogP contribution in [0.3, 0.4) is 0 Å². The van der Waals surface area contributed by atoms with Crippen molar-refractivity contribution in [2.75, 3.05) is 0 Å². The summed E-state index contributed by atoms with van der Waals surface area (Å²) in [5.41, 5.74) is 0.787. The molecule has 0 amide bonds. The summed E-state index contributed by atoms with van der Waals surface area (Å²) in [5.74, 6) is 0.650. The highest BCUT2D eigenvalue weighted by molar-refractivity contribution is 5.78. The van der Waals surface area contributed by atoms with E-state index in [0.717, 1.165) is 12.1 Å². The predicted molar refractivity (Wildman–Crippen MR) is 44.2 cm³/mol. The van der Waals surface area contributed by atoms with E-state index in [1.807, 2.05) is 20.8 Å². The van der Waals surface area contributed by atoms with E-state index in [-0.39, 0.29) is 0 Å². The summed E-state index contributed by atoms with van der Waals surface area (Å²) < 4.78 is 0. The van der Waals surface area contributed by atoms with Crippen molar-refractivity contribution in [2.24, 2.45) is 5.92 Å². The van der Waals surface area contributed by atoms with Crippen molar-refractivity contribution < 1.29 is 0 Å². The van der Waals surface area contributed by atoms with Crippen LogP contribution in [0.25, 0.3) is 0 Å². The van der Waals surface area contributed by atoms with Crippen LogP contribution in [-0.4, -0.2) is 5.71 Å². The number of rotatable bonds is 2. The second-order valence-corrected chi connectivity index (χ2v) is 2.38. The Bertz CT molecular complexity index is 65.0. The van der Waals surface area contributed by atoms with Crippen LogP contribution in [0, 0.1) is 11.3 Å². The van der Waals surface area contributed by atoms with Gasteiger partial charge < -0.3 is 5.41 Å². The molecule has 1 nitrogen and oxygen atoms in total. The highest BCUT2D eigenvalue weighted by atomic mass is 14.4. The van der Waals surface area contributed by atoms with Gasteiger partial charge in [-0.25, -0.2) is 0 Å². The minimum absolute atomic E-state index is 0.650. The van der Waals surface area contributed by atoms with Crippen LogP contribution in [0.4, 0.5) is 0 Å². The molecule has 0 aliphatic heterocycles. The molecule has 56 valence electrons. The smallest absolute Gasteiger partial charge is 0.00607 e. The van der Waals surface area contributed by atoms with E-state index in [0.29, 0.717) is 5.92 Å². The summed E-state index contributed by atoms with van der Waals surface area (Å²) in [7, 11) is 0. The molecule has 0 aliphatic carbocycles. The fourth-order valence-corrected chi connectivity index (χ4v) is 0.612. The third kappa shape index (κ3) is 18.3. The van der Waals surface area contributed by atoms with Gasteiger partial charge in [-0.3, -0.25) is 0 Å². The summed E-state index contributed by atoms with van der Waals surface area (Å²) >= 11 is 0. The molecular weight excluding hydrogens is 110 g/mol. The maximum atomic E-state index is 7.02. The first-order chi connectivity index (χ1) is 4.13. The van der Waals surface area contributed by atoms with Gasteiger partial charge in [0.1, 0.15) is 0 Å². The number of hydrogen-bond acceptors (Lipinski definition) is 1. The van der Waals surface area contributed by atoms with Gasteiger partial charge in [0.05, 0.1) is 0 Å². The maximum Gasteiger partial charge on any atom is 0.00607 e. The predicted octanol–water partition coefficient (Wildman–Crippen LogP) is 3.10. The van der Waals surface area contributed by atoms with E-state index >= 15 is 0 Å². The Labute approximate surface area is 59.0 Å². The maximum absolute atomic E-state index is 7.02. The van der Waals surface area contributed by atoms with Crippen molar-refractivity contribution in [3.63, 3.8) is 0 Å². The van der Waals surface area contributed by atoms with Gasteiger partial charge in [-0.2, -0.15) is 0 Å². The Morgan fingerprint density at radius 3 is 1.67 bits per heavy atom. The molecule has 0 radical (unpaired) electrons. The van der Waals surface area contributed by atoms with Gasteiger partial charge in [0.15, 0.2) is 0 Å². The first-order valence-corrected chi connectivity index (χ1v) is 3.67. The molecule has 9 heavy (non-hydrogen) atoms. The molecule has 0 saturated carbocycles. The summed E-state index contributed by atoms with van der Waals surface area (Å²) in [6.45, 7) is 10.1. The SMILES string of the molecule is CC.CC(=N)CC(C)C. The molecule has 1 heteroatoms. The van der Waals surface area contributed by atoms with Crippen molar-refractivity contribution in [1.29, 1.82) is 5.41 Å². The zero-order valence-corrected chi connectivity index (χ0v) is 7.28. The first kappa shape index (κ1) is 11.5. The fraction of sp³-hybridized carbons (Fsp3) is 0.875. The lowest BCUT2D eigenvalue weighted by atomic mass is 10.1. The molecule has 0 heterocycles. The normalized spacial score (nSPS) is 8.22. The van der Waals surface area contributed by atoms with E-state index in [4.69, 9.17) is 5.41 Å². The van der Waals surface area contributed by atoms with Crippen LogP contribution >= 0.6 is 0 Å². The summed E-state index contributed by atoms with van der Waals surface area (Å²) in [5, 5.41) is 7.02. The van der Waals surface area contributed by atoms with Crippen molar-refractivity contribution >= 4 is 5.71 Å². The van der Waals surface area contributed by atoms with Crippen LogP contribution in [0.1, 0.15) is 41.0 Å². The second-order valence-electron chi connectivity index (χ2n) is 2.38. The topological polar surface area (TPSA) is 23.9 Å². The van der Waals surface area contributed by atoms with Gasteiger partial charge in [0.25, 0.3) is 0 Å². The summed E-state index contributed by atoms with van der Waals surface area (Å²) in [4.78, 5) is 0. The lowest BCUT2D eigenvalue weighted by Gasteiger charge is -1.98. The van der Waals surface area contributed by atoms with Crippen LogP contribution in [0.2, 0.25) is 0 Å². The largest absolute Gasteiger partial charge is 0.310 e. The van der Waals surface area contributed by atoms with Crippen LogP contribution in [0.15, 0.2) is 0 Å². The van der Waals surface area contributed by atoms with Crippen LogP contribution in [-0.2, 0) is 0 Å². The van der Waals surface area contributed by atoms with E-state index in [2.05, 4.69) is 13.8 Å². The highest BCUT2D eigenvalue weighted by Gasteiger charge is 1.91. The van der Waals surface area contributed by atoms with E-state index < -0.39 is 0 Å². The molecule has 0 saturated heterocycles. The van der Waals surface area contributed by atoms with Crippen molar-refractivity contribution in [3.8, 4) is 0 Å². The molecule has 0 bridgehead atoms. The Hall–Kier alpha value is -0.330. The average molecular weight is 129 g/mol. The fourth-order valence-electron chi connectivity index (χ4n) is 0.612. The van der Waals surface area contributed by atoms with E-state index in [9.17, 15) is 0 Å². The molecule has 0 aromatic carbocycles. The lowest BCUT2D eigenvalue weighted by molar-refractivity contribution is 0.680. The molecule has 0 spiro atoms. The molecule has 1 N–H and O–H groups in total. The van der Waals surface area contributed by atoms with Crippen LogP contribution < -0.4 is 0 Å². The molecule has 0 aromatic rings. The van der Waals surface area contributed by atoms with Gasteiger partial charge in [0.2, 0.25) is 0 Å². The molecule has 0 fully saturated rings. The zero-order valence-electron chi connectivity index (χ0n) is 7.28. The van der Waals surface area contributed by atoms with E-state index in [1.54, 1.807) is 0 Å². The van der Waals surface area contributed by atoms with Crippen LogP contribution in [0.5, 0.6) is 0 Å². The third-order valence-corrected chi connectivity index (χ3v) is 0.714.